The molecule has 0 aliphatic carbocycles. The van der Waals surface area contributed by atoms with Gasteiger partial charge in [0, 0.05) is 12.2 Å². The molecule has 0 aliphatic rings. The number of halogens is 3. The summed E-state index contributed by atoms with van der Waals surface area (Å²) in [7, 11) is 0. The molecule has 0 unspecified atom stereocenters. The molecule has 0 spiro atoms. The summed E-state index contributed by atoms with van der Waals surface area (Å²) >= 11 is 4.65. The highest BCUT2D eigenvalue weighted by molar-refractivity contribution is 7.80. The second kappa shape index (κ2) is 4.87. The summed E-state index contributed by atoms with van der Waals surface area (Å²) in [6.45, 7) is 1.13. The van der Waals surface area contributed by atoms with E-state index in [9.17, 15) is 18.0 Å². The summed E-state index contributed by atoms with van der Waals surface area (Å²) in [4.78, 5) is 11.7. The van der Waals surface area contributed by atoms with Gasteiger partial charge in [-0.15, -0.1) is 0 Å². The maximum atomic E-state index is 12.1. The van der Waals surface area contributed by atoms with Crippen LogP contribution in [0.5, 0.6) is 0 Å². The minimum absolute atomic E-state index is 0.0628. The van der Waals surface area contributed by atoms with Crippen LogP contribution in [0.15, 0.2) is 16.9 Å². The van der Waals surface area contributed by atoms with Gasteiger partial charge in [0.15, 0.2) is 0 Å². The zero-order chi connectivity index (χ0) is 13.2. The average Bonchev–Trinajstić information content (AvgIpc) is 2.14. The first-order chi connectivity index (χ1) is 7.72. The number of nitrogens with zero attached hydrogens (tertiary/aromatic N) is 1. The van der Waals surface area contributed by atoms with E-state index in [1.54, 1.807) is 6.92 Å². The molecule has 0 atom stereocenters. The maximum Gasteiger partial charge on any atom is 0.390 e. The second-order valence-corrected chi connectivity index (χ2v) is 4.01. The van der Waals surface area contributed by atoms with Crippen molar-refractivity contribution in [1.82, 2.24) is 4.57 Å². The highest BCUT2D eigenvalue weighted by Gasteiger charge is 2.27. The zero-order valence-electron chi connectivity index (χ0n) is 9.04. The number of alkyl halides is 3. The van der Waals surface area contributed by atoms with Crippen LogP contribution >= 0.6 is 12.2 Å². The van der Waals surface area contributed by atoms with Gasteiger partial charge in [-0.3, -0.25) is 4.79 Å². The molecule has 0 saturated carbocycles. The molecule has 0 aromatic carbocycles. The predicted octanol–water partition coefficient (Wildman–Crippen LogP) is 1.74. The van der Waals surface area contributed by atoms with E-state index in [-0.39, 0.29) is 10.6 Å². The van der Waals surface area contributed by atoms with E-state index in [2.05, 4.69) is 12.2 Å². The topological polar surface area (TPSA) is 48.0 Å². The van der Waals surface area contributed by atoms with E-state index in [1.165, 1.54) is 12.1 Å². The lowest BCUT2D eigenvalue weighted by Gasteiger charge is -2.12. The molecule has 1 rings (SSSR count). The summed E-state index contributed by atoms with van der Waals surface area (Å²) < 4.78 is 37.3. The summed E-state index contributed by atoms with van der Waals surface area (Å²) in [5.74, 6) is 0. The fourth-order valence-corrected chi connectivity index (χ4v) is 1.53. The van der Waals surface area contributed by atoms with E-state index in [4.69, 9.17) is 5.73 Å². The minimum atomic E-state index is -4.30. The maximum absolute atomic E-state index is 12.1. The van der Waals surface area contributed by atoms with Crippen molar-refractivity contribution in [3.8, 4) is 0 Å². The van der Waals surface area contributed by atoms with E-state index in [0.717, 1.165) is 4.57 Å². The molecule has 2 N–H and O–H groups in total. The molecule has 0 aliphatic heterocycles. The molecule has 0 radical (unpaired) electrons. The number of nitrogens with two attached hydrogens (primary N) is 1. The van der Waals surface area contributed by atoms with Gasteiger partial charge in [0.25, 0.3) is 5.56 Å². The quantitative estimate of drug-likeness (QED) is 0.846. The molecule has 1 aromatic heterocycles. The van der Waals surface area contributed by atoms with E-state index in [1.807, 2.05) is 0 Å². The third-order valence-electron chi connectivity index (χ3n) is 2.28. The first-order valence-electron chi connectivity index (χ1n) is 4.79. The summed E-state index contributed by atoms with van der Waals surface area (Å²) in [5, 5.41) is 0. The summed E-state index contributed by atoms with van der Waals surface area (Å²) in [6, 6.07) is 2.94. The molecule has 94 valence electrons. The monoisotopic (exact) mass is 264 g/mol. The highest BCUT2D eigenvalue weighted by Crippen LogP contribution is 2.20. The van der Waals surface area contributed by atoms with Gasteiger partial charge in [0.05, 0.1) is 12.0 Å². The van der Waals surface area contributed by atoms with Crippen molar-refractivity contribution in [3.63, 3.8) is 0 Å². The molecule has 0 bridgehead atoms. The van der Waals surface area contributed by atoms with Crippen molar-refractivity contribution in [2.75, 3.05) is 0 Å². The van der Waals surface area contributed by atoms with Crippen LogP contribution in [0.25, 0.3) is 0 Å². The van der Waals surface area contributed by atoms with E-state index >= 15 is 0 Å². The highest BCUT2D eigenvalue weighted by atomic mass is 32.1. The van der Waals surface area contributed by atoms with Crippen LogP contribution in [0.4, 0.5) is 13.2 Å². The van der Waals surface area contributed by atoms with Crippen molar-refractivity contribution in [2.24, 2.45) is 5.73 Å². The number of rotatable bonds is 3. The Hall–Kier alpha value is -1.37. The van der Waals surface area contributed by atoms with Crippen molar-refractivity contribution in [1.29, 1.82) is 0 Å². The lowest BCUT2D eigenvalue weighted by atomic mass is 10.2. The first-order valence-corrected chi connectivity index (χ1v) is 5.20. The lowest BCUT2D eigenvalue weighted by Crippen LogP contribution is -2.31. The van der Waals surface area contributed by atoms with Crippen LogP contribution in [0.1, 0.15) is 17.7 Å². The van der Waals surface area contributed by atoms with E-state index < -0.39 is 24.7 Å². The normalized spacial score (nSPS) is 11.5. The number of thiocarbonyl (C=S) groups is 1. The predicted molar refractivity (Wildman–Crippen MR) is 62.0 cm³/mol. The van der Waals surface area contributed by atoms with Gasteiger partial charge in [-0.05, 0) is 19.1 Å². The molecule has 0 saturated heterocycles. The lowest BCUT2D eigenvalue weighted by molar-refractivity contribution is -0.136. The van der Waals surface area contributed by atoms with E-state index in [0.29, 0.717) is 5.69 Å². The van der Waals surface area contributed by atoms with Crippen molar-refractivity contribution in [3.05, 3.63) is 33.7 Å². The van der Waals surface area contributed by atoms with Crippen LogP contribution in [0, 0.1) is 6.92 Å². The molecule has 0 amide bonds. The van der Waals surface area contributed by atoms with Gasteiger partial charge < -0.3 is 10.3 Å². The van der Waals surface area contributed by atoms with Gasteiger partial charge in [0.1, 0.15) is 4.99 Å². The SMILES string of the molecule is Cc1ccc(C(N)=S)c(=O)n1CCC(F)(F)F. The van der Waals surface area contributed by atoms with Gasteiger partial charge in [-0.2, -0.15) is 13.2 Å². The van der Waals surface area contributed by atoms with Crippen molar-refractivity contribution >= 4 is 17.2 Å². The Bertz CT molecular complexity index is 493. The molecule has 1 aromatic rings. The Morgan fingerprint density at radius 1 is 1.47 bits per heavy atom. The number of hydrogen-bond acceptors (Lipinski definition) is 2. The smallest absolute Gasteiger partial charge is 0.389 e. The van der Waals surface area contributed by atoms with Gasteiger partial charge >= 0.3 is 6.18 Å². The fourth-order valence-electron chi connectivity index (χ4n) is 1.37. The Balaban J connectivity index is 3.11. The molecule has 3 nitrogen and oxygen atoms in total. The number of hydrogen-bond donors (Lipinski definition) is 1. The molecule has 7 heteroatoms. The van der Waals surface area contributed by atoms with Gasteiger partial charge in [-0.1, -0.05) is 12.2 Å². The second-order valence-electron chi connectivity index (χ2n) is 3.57. The summed E-state index contributed by atoms with van der Waals surface area (Å²) in [6.07, 6.45) is -5.36. The third kappa shape index (κ3) is 3.55. The molecule has 1 heterocycles. The Morgan fingerprint density at radius 3 is 2.53 bits per heavy atom. The average molecular weight is 264 g/mol. The number of aryl methyl sites for hydroxylation is 1. The Morgan fingerprint density at radius 2 is 2.06 bits per heavy atom. The minimum Gasteiger partial charge on any atom is -0.389 e. The number of pyridine rings is 1. The largest absolute Gasteiger partial charge is 0.390 e. The van der Waals surface area contributed by atoms with Crippen molar-refractivity contribution in [2.45, 2.75) is 26.1 Å². The Kier molecular flexibility index (Phi) is 3.92. The van der Waals surface area contributed by atoms with Gasteiger partial charge in [0.2, 0.25) is 0 Å². The fraction of sp³-hybridized carbons (Fsp3) is 0.400. The van der Waals surface area contributed by atoms with Crippen molar-refractivity contribution < 1.29 is 13.2 Å². The molecular weight excluding hydrogens is 253 g/mol. The van der Waals surface area contributed by atoms with Crippen LogP contribution in [0.2, 0.25) is 0 Å². The summed E-state index contributed by atoms with van der Waals surface area (Å²) in [5.41, 5.74) is 5.24. The van der Waals surface area contributed by atoms with Crippen LogP contribution in [0.3, 0.4) is 0 Å². The van der Waals surface area contributed by atoms with Crippen LogP contribution in [-0.4, -0.2) is 15.7 Å². The van der Waals surface area contributed by atoms with Crippen LogP contribution < -0.4 is 11.3 Å². The molecule has 17 heavy (non-hydrogen) atoms. The zero-order valence-corrected chi connectivity index (χ0v) is 9.86. The first kappa shape index (κ1) is 13.7. The molecule has 0 fully saturated rings. The number of aromatic nitrogens is 1. The van der Waals surface area contributed by atoms with Crippen LogP contribution in [-0.2, 0) is 6.54 Å². The third-order valence-corrected chi connectivity index (χ3v) is 2.50. The Labute approximate surface area is 101 Å². The van der Waals surface area contributed by atoms with Gasteiger partial charge in [-0.25, -0.2) is 0 Å². The molecular formula is C10H11F3N2OS. The standard InChI is InChI=1S/C10H11F3N2OS/c1-6-2-3-7(8(14)17)9(16)15(6)5-4-10(11,12)13/h2-3H,4-5H2,1H3,(H2,14,17).